The molecule has 314 valence electrons. The van der Waals surface area contributed by atoms with Crippen molar-refractivity contribution in [1.29, 1.82) is 0 Å². The number of nitrogens with zero attached hydrogens (tertiary/aromatic N) is 1. The van der Waals surface area contributed by atoms with Crippen LogP contribution in [0.2, 0.25) is 0 Å². The second-order valence-corrected chi connectivity index (χ2v) is 16.3. The number of aliphatic hydroxyl groups excluding tert-OH is 6. The summed E-state index contributed by atoms with van der Waals surface area (Å²) in [6, 6.07) is -0.698. The zero-order valence-corrected chi connectivity index (χ0v) is 33.3. The molecule has 3 saturated heterocycles. The second-order valence-electron chi connectivity index (χ2n) is 16.3. The van der Waals surface area contributed by atoms with Crippen molar-refractivity contribution in [3.63, 3.8) is 0 Å². The van der Waals surface area contributed by atoms with E-state index in [1.54, 1.807) is 0 Å². The Bertz CT molecular complexity index is 878. The van der Waals surface area contributed by atoms with Crippen LogP contribution in [0.4, 0.5) is 0 Å². The van der Waals surface area contributed by atoms with E-state index in [9.17, 15) is 30.6 Å². The Labute approximate surface area is 321 Å². The van der Waals surface area contributed by atoms with Crippen LogP contribution in [0.3, 0.4) is 0 Å². The molecule has 0 aromatic carbocycles. The predicted molar refractivity (Wildman–Crippen MR) is 207 cm³/mol. The highest BCUT2D eigenvalue weighted by atomic mass is 16.7. The van der Waals surface area contributed by atoms with Crippen LogP contribution in [-0.2, 0) is 18.9 Å². The molecule has 0 aromatic heterocycles. The number of morpholine rings is 1. The summed E-state index contributed by atoms with van der Waals surface area (Å²) in [6.45, 7) is 7.59. The second kappa shape index (κ2) is 28.0. The molecule has 53 heavy (non-hydrogen) atoms. The molecule has 0 saturated carbocycles. The van der Waals surface area contributed by atoms with E-state index in [0.29, 0.717) is 19.6 Å². The SMILES string of the molecule is CCCCCCCCCCCCCC[C@@H](O)[C@@H](O)[C@H](COC1OC(CO)C(O)C(O)C1O)NC1(CCCCCCCCCCN2CCOCC2)COC1. The normalized spacial score (nSPS) is 26.7. The van der Waals surface area contributed by atoms with Crippen LogP contribution in [0.25, 0.3) is 0 Å². The summed E-state index contributed by atoms with van der Waals surface area (Å²) >= 11 is 0. The molecule has 0 bridgehead atoms. The summed E-state index contributed by atoms with van der Waals surface area (Å²) in [5, 5.41) is 66.8. The summed E-state index contributed by atoms with van der Waals surface area (Å²) in [6.07, 6.45) is 16.5. The van der Waals surface area contributed by atoms with E-state index in [1.165, 1.54) is 103 Å². The smallest absolute Gasteiger partial charge is 0.186 e. The third kappa shape index (κ3) is 18.1. The predicted octanol–water partition coefficient (Wildman–Crippen LogP) is 4.19. The van der Waals surface area contributed by atoms with Crippen LogP contribution >= 0.6 is 0 Å². The van der Waals surface area contributed by atoms with Gasteiger partial charge in [0, 0.05) is 13.1 Å². The first-order valence-corrected chi connectivity index (χ1v) is 21.7. The van der Waals surface area contributed by atoms with Crippen LogP contribution in [0.1, 0.15) is 148 Å². The van der Waals surface area contributed by atoms with Crippen LogP contribution < -0.4 is 5.32 Å². The van der Waals surface area contributed by atoms with Crippen molar-refractivity contribution >= 4 is 0 Å². The van der Waals surface area contributed by atoms with E-state index in [2.05, 4.69) is 17.1 Å². The Morgan fingerprint density at radius 1 is 0.698 bits per heavy atom. The van der Waals surface area contributed by atoms with Crippen LogP contribution in [-0.4, -0.2) is 149 Å². The van der Waals surface area contributed by atoms with Gasteiger partial charge in [0.05, 0.1) is 63.4 Å². The lowest BCUT2D eigenvalue weighted by molar-refractivity contribution is -0.303. The Morgan fingerprint density at radius 3 is 1.79 bits per heavy atom. The maximum atomic E-state index is 11.5. The lowest BCUT2D eigenvalue weighted by Gasteiger charge is -2.46. The summed E-state index contributed by atoms with van der Waals surface area (Å²) < 4.78 is 22.6. The van der Waals surface area contributed by atoms with Gasteiger partial charge in [-0.15, -0.1) is 0 Å². The number of aliphatic hydroxyl groups is 6. The number of hydrogen-bond donors (Lipinski definition) is 7. The van der Waals surface area contributed by atoms with Gasteiger partial charge in [0.1, 0.15) is 24.4 Å². The highest BCUT2D eigenvalue weighted by molar-refractivity contribution is 4.99. The highest BCUT2D eigenvalue weighted by Gasteiger charge is 2.46. The molecule has 3 rings (SSSR count). The van der Waals surface area contributed by atoms with Crippen molar-refractivity contribution in [2.24, 2.45) is 0 Å². The fourth-order valence-electron chi connectivity index (χ4n) is 7.99. The molecule has 0 aromatic rings. The quantitative estimate of drug-likeness (QED) is 0.0489. The largest absolute Gasteiger partial charge is 0.394 e. The molecule has 8 atom stereocenters. The topological polar surface area (TPSA) is 174 Å². The van der Waals surface area contributed by atoms with Crippen LogP contribution in [0, 0.1) is 0 Å². The lowest BCUT2D eigenvalue weighted by Crippen LogP contribution is -2.67. The molecule has 12 heteroatoms. The number of hydrogen-bond acceptors (Lipinski definition) is 12. The average molecular weight is 761 g/mol. The van der Waals surface area contributed by atoms with Crippen molar-refractivity contribution < 1.29 is 49.6 Å². The third-order valence-electron chi connectivity index (χ3n) is 11.7. The first-order chi connectivity index (χ1) is 25.8. The van der Waals surface area contributed by atoms with Gasteiger partial charge >= 0.3 is 0 Å². The van der Waals surface area contributed by atoms with Crippen LogP contribution in [0.5, 0.6) is 0 Å². The monoisotopic (exact) mass is 761 g/mol. The lowest BCUT2D eigenvalue weighted by atomic mass is 9.87. The fourth-order valence-corrected chi connectivity index (χ4v) is 7.99. The van der Waals surface area contributed by atoms with E-state index in [0.717, 1.165) is 64.8 Å². The minimum Gasteiger partial charge on any atom is -0.394 e. The molecule has 3 aliphatic rings. The first-order valence-electron chi connectivity index (χ1n) is 21.7. The molecular formula is C41H80N2O10. The molecular weight excluding hydrogens is 680 g/mol. The maximum Gasteiger partial charge on any atom is 0.186 e. The molecule has 3 fully saturated rings. The average Bonchev–Trinajstić information content (AvgIpc) is 3.15. The highest BCUT2D eigenvalue weighted by Crippen LogP contribution is 2.28. The van der Waals surface area contributed by atoms with Gasteiger partial charge in [-0.05, 0) is 25.8 Å². The van der Waals surface area contributed by atoms with Gasteiger partial charge < -0.3 is 49.6 Å². The molecule has 0 aliphatic carbocycles. The van der Waals surface area contributed by atoms with Crippen molar-refractivity contribution in [2.75, 3.05) is 59.3 Å². The molecule has 12 nitrogen and oxygen atoms in total. The molecule has 3 aliphatic heterocycles. The van der Waals surface area contributed by atoms with Gasteiger partial charge in [0.2, 0.25) is 0 Å². The van der Waals surface area contributed by atoms with Gasteiger partial charge in [0.15, 0.2) is 6.29 Å². The standard InChI is InChI=1S/C41H80N2O10/c1-2-3-4-5-6-7-8-9-10-13-16-19-22-34(45)36(46)33(30-52-40-39(49)38(48)37(47)35(29-44)53-40)42-41(31-51-32-41)23-20-17-14-11-12-15-18-21-24-43-25-27-50-28-26-43/h33-40,42,44-49H,2-32H2,1H3/t33-,34+,35?,36-,37?,38?,39?,40?/m0/s1. The van der Waals surface area contributed by atoms with E-state index in [1.807, 2.05) is 0 Å². The molecule has 3 heterocycles. The van der Waals surface area contributed by atoms with Gasteiger partial charge in [-0.2, -0.15) is 0 Å². The van der Waals surface area contributed by atoms with Crippen molar-refractivity contribution in [3.05, 3.63) is 0 Å². The van der Waals surface area contributed by atoms with Crippen LogP contribution in [0.15, 0.2) is 0 Å². The first kappa shape index (κ1) is 46.9. The minimum absolute atomic E-state index is 0.118. The summed E-state index contributed by atoms with van der Waals surface area (Å²) in [7, 11) is 0. The number of unbranched alkanes of at least 4 members (excludes halogenated alkanes) is 18. The Morgan fingerprint density at radius 2 is 1.25 bits per heavy atom. The van der Waals surface area contributed by atoms with E-state index in [-0.39, 0.29) is 12.1 Å². The zero-order valence-electron chi connectivity index (χ0n) is 33.3. The molecule has 7 N–H and O–H groups in total. The van der Waals surface area contributed by atoms with E-state index in [4.69, 9.17) is 18.9 Å². The Balaban J connectivity index is 1.40. The van der Waals surface area contributed by atoms with Gasteiger partial charge in [-0.3, -0.25) is 10.2 Å². The maximum absolute atomic E-state index is 11.5. The van der Waals surface area contributed by atoms with Crippen molar-refractivity contribution in [1.82, 2.24) is 10.2 Å². The number of rotatable bonds is 32. The zero-order chi connectivity index (χ0) is 38.2. The summed E-state index contributed by atoms with van der Waals surface area (Å²) in [4.78, 5) is 2.50. The summed E-state index contributed by atoms with van der Waals surface area (Å²) in [5.74, 6) is 0. The van der Waals surface area contributed by atoms with Gasteiger partial charge in [-0.25, -0.2) is 0 Å². The molecule has 0 spiro atoms. The molecule has 5 unspecified atom stereocenters. The summed E-state index contributed by atoms with van der Waals surface area (Å²) in [5.41, 5.74) is -0.362. The van der Waals surface area contributed by atoms with Gasteiger partial charge in [-0.1, -0.05) is 129 Å². The van der Waals surface area contributed by atoms with Crippen molar-refractivity contribution in [3.8, 4) is 0 Å². The van der Waals surface area contributed by atoms with Crippen molar-refractivity contribution in [2.45, 2.75) is 203 Å². The Kier molecular flexibility index (Phi) is 24.8. The number of ether oxygens (including phenoxy) is 4. The molecule has 0 radical (unpaired) electrons. The van der Waals surface area contributed by atoms with Gasteiger partial charge in [0.25, 0.3) is 0 Å². The van der Waals surface area contributed by atoms with E-state index < -0.39 is 55.6 Å². The Hall–Kier alpha value is -0.480. The molecule has 0 amide bonds. The fraction of sp³-hybridized carbons (Fsp3) is 1.00. The number of nitrogens with one attached hydrogen (secondary N) is 1. The third-order valence-corrected chi connectivity index (χ3v) is 11.7. The van der Waals surface area contributed by atoms with E-state index >= 15 is 0 Å². The minimum atomic E-state index is -1.56.